The number of rotatable bonds is 6. The lowest BCUT2D eigenvalue weighted by atomic mass is 10.2. The molecule has 128 valence electrons. The van der Waals surface area contributed by atoms with Crippen LogP contribution in [0.5, 0.6) is 0 Å². The van der Waals surface area contributed by atoms with Gasteiger partial charge < -0.3 is 9.26 Å². The molecule has 2 aromatic rings. The molecule has 1 aromatic heterocycles. The third-order valence-corrected chi connectivity index (χ3v) is 4.74. The van der Waals surface area contributed by atoms with Crippen LogP contribution in [-0.4, -0.2) is 31.2 Å². The lowest BCUT2D eigenvalue weighted by Gasteiger charge is -2.11. The molecule has 0 radical (unpaired) electrons. The van der Waals surface area contributed by atoms with Gasteiger partial charge in [-0.3, -0.25) is 0 Å². The maximum absolute atomic E-state index is 12.0. The lowest BCUT2D eigenvalue weighted by molar-refractivity contribution is 0.0290. The molecule has 2 heterocycles. The maximum Gasteiger partial charge on any atom is 0.255 e. The molecule has 1 aliphatic heterocycles. The van der Waals surface area contributed by atoms with Crippen molar-refractivity contribution in [2.45, 2.75) is 32.0 Å². The summed E-state index contributed by atoms with van der Waals surface area (Å²) in [4.78, 5) is 4.15. The molecule has 0 saturated carbocycles. The quantitative estimate of drug-likeness (QED) is 0.859. The summed E-state index contributed by atoms with van der Waals surface area (Å²) in [6.45, 7) is 1.96. The first kappa shape index (κ1) is 16.8. The Kier molecular flexibility index (Phi) is 5.08. The number of sulfonamides is 1. The predicted octanol–water partition coefficient (Wildman–Crippen LogP) is 2.19. The minimum absolute atomic E-state index is 0.206. The molecule has 0 unspecified atom stereocenters. The Hall–Kier alpha value is -2.03. The molecule has 0 spiro atoms. The lowest BCUT2D eigenvalue weighted by Crippen LogP contribution is -2.30. The zero-order valence-corrected chi connectivity index (χ0v) is 14.1. The van der Waals surface area contributed by atoms with E-state index in [1.165, 1.54) is 0 Å². The van der Waals surface area contributed by atoms with Crippen molar-refractivity contribution in [1.82, 2.24) is 14.9 Å². The zero-order chi connectivity index (χ0) is 17.0. The highest BCUT2D eigenvalue weighted by atomic mass is 32.2. The minimum atomic E-state index is -3.51. The Balaban J connectivity index is 1.51. The SMILES string of the molecule is Cc1noc([C@@H]2CC[C@H](CNS(=O)(=O)/C=C/c3ccccc3)O2)n1. The van der Waals surface area contributed by atoms with Crippen molar-refractivity contribution in [2.75, 3.05) is 6.54 Å². The largest absolute Gasteiger partial charge is 0.364 e. The van der Waals surface area contributed by atoms with Crippen LogP contribution in [-0.2, 0) is 14.8 Å². The van der Waals surface area contributed by atoms with Crippen molar-refractivity contribution in [3.8, 4) is 0 Å². The molecule has 1 aromatic carbocycles. The third kappa shape index (κ3) is 4.50. The van der Waals surface area contributed by atoms with Crippen LogP contribution in [0.15, 0.2) is 40.3 Å². The molecule has 0 aliphatic carbocycles. The summed E-state index contributed by atoms with van der Waals surface area (Å²) in [5.41, 5.74) is 0.826. The Morgan fingerprint density at radius 1 is 1.29 bits per heavy atom. The zero-order valence-electron chi connectivity index (χ0n) is 13.3. The summed E-state index contributed by atoms with van der Waals surface area (Å²) in [6.07, 6.45) is 2.55. The predicted molar refractivity (Wildman–Crippen MR) is 88.3 cm³/mol. The highest BCUT2D eigenvalue weighted by Gasteiger charge is 2.30. The number of hydrogen-bond acceptors (Lipinski definition) is 6. The van der Waals surface area contributed by atoms with Crippen LogP contribution in [0.4, 0.5) is 0 Å². The van der Waals surface area contributed by atoms with E-state index in [1.54, 1.807) is 13.0 Å². The van der Waals surface area contributed by atoms with E-state index in [1.807, 2.05) is 30.3 Å². The highest BCUT2D eigenvalue weighted by molar-refractivity contribution is 7.92. The molecule has 7 nitrogen and oxygen atoms in total. The van der Waals surface area contributed by atoms with Gasteiger partial charge in [0.25, 0.3) is 5.89 Å². The topological polar surface area (TPSA) is 94.3 Å². The van der Waals surface area contributed by atoms with Gasteiger partial charge in [-0.2, -0.15) is 4.98 Å². The van der Waals surface area contributed by atoms with Gasteiger partial charge in [0.15, 0.2) is 5.82 Å². The maximum atomic E-state index is 12.0. The second-order valence-electron chi connectivity index (χ2n) is 5.61. The summed E-state index contributed by atoms with van der Waals surface area (Å²) >= 11 is 0. The number of nitrogens with zero attached hydrogens (tertiary/aromatic N) is 2. The van der Waals surface area contributed by atoms with Crippen molar-refractivity contribution in [2.24, 2.45) is 0 Å². The molecule has 0 amide bonds. The van der Waals surface area contributed by atoms with Gasteiger partial charge in [-0.15, -0.1) is 0 Å². The summed E-state index contributed by atoms with van der Waals surface area (Å²) in [5.74, 6) is 1.01. The van der Waals surface area contributed by atoms with Gasteiger partial charge in [-0.25, -0.2) is 13.1 Å². The third-order valence-electron chi connectivity index (χ3n) is 3.68. The minimum Gasteiger partial charge on any atom is -0.364 e. The molecule has 1 aliphatic rings. The standard InChI is InChI=1S/C16H19N3O4S/c1-12-18-16(23-19-12)15-8-7-14(22-15)11-17-24(20,21)10-9-13-5-3-2-4-6-13/h2-6,9-10,14-15,17H,7-8,11H2,1H3/b10-9+/t14-,15+/m1/s1. The number of hydrogen-bond donors (Lipinski definition) is 1. The molecular weight excluding hydrogens is 330 g/mol. The van der Waals surface area contributed by atoms with Gasteiger partial charge in [-0.1, -0.05) is 35.5 Å². The number of aromatic nitrogens is 2. The van der Waals surface area contributed by atoms with E-state index in [9.17, 15) is 8.42 Å². The normalized spacial score (nSPS) is 21.5. The molecule has 0 bridgehead atoms. The van der Waals surface area contributed by atoms with E-state index in [0.29, 0.717) is 11.7 Å². The number of ether oxygens (including phenoxy) is 1. The Labute approximate surface area is 140 Å². The highest BCUT2D eigenvalue weighted by Crippen LogP contribution is 2.31. The second kappa shape index (κ2) is 7.25. The van der Waals surface area contributed by atoms with E-state index in [4.69, 9.17) is 9.26 Å². The molecule has 2 atom stereocenters. The van der Waals surface area contributed by atoms with Gasteiger partial charge in [0.1, 0.15) is 6.10 Å². The molecule has 1 fully saturated rings. The Bertz CT molecular complexity index is 802. The van der Waals surface area contributed by atoms with Crippen molar-refractivity contribution >= 4 is 16.1 Å². The molecular formula is C16H19N3O4S. The fourth-order valence-electron chi connectivity index (χ4n) is 2.47. The van der Waals surface area contributed by atoms with Crippen LogP contribution in [0, 0.1) is 6.92 Å². The van der Waals surface area contributed by atoms with Crippen LogP contribution in [0.2, 0.25) is 0 Å². The Morgan fingerprint density at radius 2 is 2.08 bits per heavy atom. The van der Waals surface area contributed by atoms with Crippen LogP contribution in [0.1, 0.15) is 36.2 Å². The van der Waals surface area contributed by atoms with Crippen molar-refractivity contribution in [3.63, 3.8) is 0 Å². The van der Waals surface area contributed by atoms with E-state index in [-0.39, 0.29) is 18.8 Å². The molecule has 1 N–H and O–H groups in total. The number of nitrogens with one attached hydrogen (secondary N) is 1. The van der Waals surface area contributed by atoms with Crippen molar-refractivity contribution < 1.29 is 17.7 Å². The van der Waals surface area contributed by atoms with Gasteiger partial charge in [0, 0.05) is 12.0 Å². The molecule has 8 heteroatoms. The summed E-state index contributed by atoms with van der Waals surface area (Å²) < 4.78 is 37.4. The van der Waals surface area contributed by atoms with Crippen LogP contribution >= 0.6 is 0 Å². The van der Waals surface area contributed by atoms with Gasteiger partial charge >= 0.3 is 0 Å². The Morgan fingerprint density at radius 3 is 2.79 bits per heavy atom. The van der Waals surface area contributed by atoms with Crippen molar-refractivity contribution in [3.05, 3.63) is 53.0 Å². The van der Waals surface area contributed by atoms with Crippen LogP contribution in [0.3, 0.4) is 0 Å². The average molecular weight is 349 g/mol. The van der Waals surface area contributed by atoms with E-state index < -0.39 is 10.0 Å². The van der Waals surface area contributed by atoms with Crippen LogP contribution < -0.4 is 4.72 Å². The summed E-state index contributed by atoms with van der Waals surface area (Å²) in [7, 11) is -3.51. The molecule has 1 saturated heterocycles. The second-order valence-corrected chi connectivity index (χ2v) is 7.26. The van der Waals surface area contributed by atoms with E-state index in [0.717, 1.165) is 23.8 Å². The van der Waals surface area contributed by atoms with Crippen LogP contribution in [0.25, 0.3) is 6.08 Å². The fourth-order valence-corrected chi connectivity index (χ4v) is 3.32. The monoisotopic (exact) mass is 349 g/mol. The summed E-state index contributed by atoms with van der Waals surface area (Å²) in [5, 5.41) is 4.90. The molecule has 24 heavy (non-hydrogen) atoms. The fraction of sp³-hybridized carbons (Fsp3) is 0.375. The van der Waals surface area contributed by atoms with Crippen molar-refractivity contribution in [1.29, 1.82) is 0 Å². The first-order valence-electron chi connectivity index (χ1n) is 7.70. The van der Waals surface area contributed by atoms with Gasteiger partial charge in [0.2, 0.25) is 10.0 Å². The first-order valence-corrected chi connectivity index (χ1v) is 9.25. The van der Waals surface area contributed by atoms with E-state index in [2.05, 4.69) is 14.9 Å². The summed E-state index contributed by atoms with van der Waals surface area (Å²) in [6, 6.07) is 9.26. The molecule has 3 rings (SSSR count). The first-order chi connectivity index (χ1) is 11.5. The smallest absolute Gasteiger partial charge is 0.255 e. The number of benzene rings is 1. The van der Waals surface area contributed by atoms with E-state index >= 15 is 0 Å². The average Bonchev–Trinajstić information content (AvgIpc) is 3.21. The van der Waals surface area contributed by atoms with Gasteiger partial charge in [-0.05, 0) is 31.4 Å². The number of aryl methyl sites for hydroxylation is 1. The van der Waals surface area contributed by atoms with Gasteiger partial charge in [0.05, 0.1) is 6.10 Å².